The lowest BCUT2D eigenvalue weighted by molar-refractivity contribution is -0.368. The van der Waals surface area contributed by atoms with E-state index >= 15 is 0 Å². The molecule has 6 N–H and O–H groups in total. The van der Waals surface area contributed by atoms with Crippen molar-refractivity contribution in [1.29, 1.82) is 10.5 Å². The Balaban J connectivity index is -0.000000132. The van der Waals surface area contributed by atoms with Crippen LogP contribution in [0.5, 0.6) is 0 Å². The molecule has 0 aromatic heterocycles. The van der Waals surface area contributed by atoms with Crippen LogP contribution in [0.1, 0.15) is 163 Å². The second kappa shape index (κ2) is 61.2. The van der Waals surface area contributed by atoms with Gasteiger partial charge in [0.05, 0.1) is 25.3 Å². The van der Waals surface area contributed by atoms with Gasteiger partial charge in [-0.15, -0.1) is 6.58 Å². The Bertz CT molecular complexity index is 478. The van der Waals surface area contributed by atoms with Gasteiger partial charge in [-0.1, -0.05) is 118 Å². The highest BCUT2D eigenvalue weighted by atomic mass is 14.8. The molecular weight excluding hydrogens is 492 g/mol. The van der Waals surface area contributed by atoms with Crippen LogP contribution in [0.15, 0.2) is 12.8 Å². The van der Waals surface area contributed by atoms with Crippen molar-refractivity contribution >= 4 is 0 Å². The fraction of sp³-hybridized carbons (Fsp3) is 0.853. The van der Waals surface area contributed by atoms with Crippen LogP contribution in [-0.4, -0.2) is 26.2 Å². The quantitative estimate of drug-likeness (QED) is 0.0898. The smallest absolute Gasteiger partial charge is 0.147 e. The molecule has 0 radical (unpaired) electrons. The lowest BCUT2D eigenvalue weighted by Crippen LogP contribution is -2.49. The third kappa shape index (κ3) is 83.4. The van der Waals surface area contributed by atoms with Crippen LogP contribution < -0.4 is 16.8 Å². The Morgan fingerprint density at radius 1 is 0.675 bits per heavy atom. The summed E-state index contributed by atoms with van der Waals surface area (Å²) in [4.78, 5) is 2.75. The van der Waals surface area contributed by atoms with Gasteiger partial charge in [0.25, 0.3) is 0 Å². The van der Waals surface area contributed by atoms with Crippen LogP contribution in [0.3, 0.4) is 0 Å². The number of nitrogens with two attached hydrogens (primary N) is 1. The number of unbranched alkanes of at least 4 members (excludes halogenated alkanes) is 16. The van der Waals surface area contributed by atoms with E-state index in [4.69, 9.17) is 22.8 Å². The molecule has 6 heteroatoms. The van der Waals surface area contributed by atoms with Gasteiger partial charge < -0.3 is 16.8 Å². The predicted octanol–water partition coefficient (Wildman–Crippen LogP) is 9.10. The molecule has 0 amide bonds. The average molecular weight is 564 g/mol. The first kappa shape index (κ1) is 47.9. The monoisotopic (exact) mass is 564 g/mol. The molecule has 0 saturated carbocycles. The van der Waals surface area contributed by atoms with E-state index in [-0.39, 0.29) is 0 Å². The van der Waals surface area contributed by atoms with Gasteiger partial charge in [-0.3, -0.25) is 0 Å². The van der Waals surface area contributed by atoms with E-state index in [0.29, 0.717) is 6.42 Å². The maximum Gasteiger partial charge on any atom is 0.147 e. The van der Waals surface area contributed by atoms with Crippen molar-refractivity contribution in [3.8, 4) is 12.1 Å². The van der Waals surface area contributed by atoms with E-state index in [1.807, 2.05) is 0 Å². The molecule has 0 rings (SSSR count). The molecule has 40 heavy (non-hydrogen) atoms. The number of nitriles is 2. The number of quaternary nitrogens is 1. The first-order chi connectivity index (χ1) is 19.6. The third-order valence-electron chi connectivity index (χ3n) is 5.77. The van der Waals surface area contributed by atoms with E-state index in [0.717, 1.165) is 39.0 Å². The summed E-state index contributed by atoms with van der Waals surface area (Å²) in [5.41, 5.74) is 9.09. The Morgan fingerprint density at radius 3 is 1.45 bits per heavy atom. The highest BCUT2D eigenvalue weighted by Crippen LogP contribution is 2.06. The van der Waals surface area contributed by atoms with Crippen LogP contribution >= 0.6 is 0 Å². The molecule has 6 nitrogen and oxygen atoms in total. The highest BCUT2D eigenvalue weighted by molar-refractivity contribution is 4.76. The van der Waals surface area contributed by atoms with Crippen LogP contribution in [0.25, 0.3) is 4.85 Å². The summed E-state index contributed by atoms with van der Waals surface area (Å²) in [6, 6.07) is 4.25. The minimum Gasteiger partial charge on any atom is -0.358 e. The summed E-state index contributed by atoms with van der Waals surface area (Å²) in [5, 5.41) is 19.6. The molecule has 0 aliphatic rings. The van der Waals surface area contributed by atoms with Gasteiger partial charge in [-0.25, -0.2) is 4.85 Å². The maximum atomic E-state index is 8.22. The summed E-state index contributed by atoms with van der Waals surface area (Å²) < 4.78 is 0. The number of hydrogen-bond donors (Lipinski definition) is 3. The van der Waals surface area contributed by atoms with Gasteiger partial charge in [0, 0.05) is 19.4 Å². The summed E-state index contributed by atoms with van der Waals surface area (Å²) >= 11 is 0. The second-order valence-electron chi connectivity index (χ2n) is 9.82. The molecule has 0 aliphatic heterocycles. The van der Waals surface area contributed by atoms with Crippen molar-refractivity contribution in [2.75, 3.05) is 26.2 Å². The van der Waals surface area contributed by atoms with Gasteiger partial charge >= 0.3 is 0 Å². The lowest BCUT2D eigenvalue weighted by Gasteiger charge is -1.98. The predicted molar refractivity (Wildman–Crippen MR) is 177 cm³/mol. The van der Waals surface area contributed by atoms with E-state index in [9.17, 15) is 0 Å². The Kier molecular flexibility index (Phi) is 73.2. The van der Waals surface area contributed by atoms with Gasteiger partial charge in [0.2, 0.25) is 0 Å². The first-order valence-electron chi connectivity index (χ1n) is 16.5. The molecule has 0 heterocycles. The fourth-order valence-electron chi connectivity index (χ4n) is 3.28. The Labute approximate surface area is 252 Å². The zero-order valence-corrected chi connectivity index (χ0v) is 27.6. The molecule has 0 unspecified atom stereocenters. The van der Waals surface area contributed by atoms with E-state index in [1.165, 1.54) is 122 Å². The van der Waals surface area contributed by atoms with Gasteiger partial charge in [-0.05, 0) is 45.2 Å². The first-order valence-corrected chi connectivity index (χ1v) is 16.5. The highest BCUT2D eigenvalue weighted by Gasteiger charge is 1.89. The van der Waals surface area contributed by atoms with Crippen molar-refractivity contribution < 1.29 is 5.73 Å². The number of hydrogen-bond acceptors (Lipinski definition) is 4. The van der Waals surface area contributed by atoms with Crippen LogP contribution in [0.4, 0.5) is 0 Å². The van der Waals surface area contributed by atoms with Gasteiger partial charge in [0.15, 0.2) is 0 Å². The molecule has 0 atom stereocenters. The van der Waals surface area contributed by atoms with Crippen molar-refractivity contribution in [1.82, 2.24) is 5.32 Å². The van der Waals surface area contributed by atoms with Gasteiger partial charge in [-0.2, -0.15) is 10.5 Å². The third-order valence-corrected chi connectivity index (χ3v) is 5.77. The topological polar surface area (TPSA) is 118 Å². The second-order valence-corrected chi connectivity index (χ2v) is 9.82. The van der Waals surface area contributed by atoms with Crippen LogP contribution in [0.2, 0.25) is 0 Å². The van der Waals surface area contributed by atoms with Crippen molar-refractivity contribution in [3.05, 3.63) is 24.2 Å². The van der Waals surface area contributed by atoms with Crippen molar-refractivity contribution in [2.24, 2.45) is 5.73 Å². The summed E-state index contributed by atoms with van der Waals surface area (Å²) in [5.74, 6) is 0. The molecule has 0 bridgehead atoms. The van der Waals surface area contributed by atoms with Crippen molar-refractivity contribution in [2.45, 2.75) is 163 Å². The van der Waals surface area contributed by atoms with Crippen LogP contribution in [0, 0.1) is 29.2 Å². The molecular formula is C34H71N6+. The zero-order chi connectivity index (χ0) is 31.2. The lowest BCUT2D eigenvalue weighted by atomic mass is 10.1. The summed E-state index contributed by atoms with van der Waals surface area (Å²) in [6.45, 7) is 21.8. The number of nitrogens with one attached hydrogen (secondary N) is 1. The SMILES string of the molecule is CCCCCCCCC#N.CCCCCCCCCN.CCCCCNCCC#N.CCCCC[NH3+].[C-]#[N+]C=C. The van der Waals surface area contributed by atoms with Crippen LogP contribution in [-0.2, 0) is 0 Å². The van der Waals surface area contributed by atoms with E-state index in [2.05, 4.69) is 62.3 Å². The minimum atomic E-state index is 0.631. The maximum absolute atomic E-state index is 8.22. The Morgan fingerprint density at radius 2 is 1.07 bits per heavy atom. The van der Waals surface area contributed by atoms with Crippen molar-refractivity contribution in [3.63, 3.8) is 0 Å². The average Bonchev–Trinajstić information content (AvgIpc) is 2.98. The normalized spacial score (nSPS) is 8.88. The number of rotatable bonds is 22. The minimum absolute atomic E-state index is 0.631. The molecule has 0 fully saturated rings. The molecule has 0 spiro atoms. The standard InChI is InChI=1S/C9H21N.C9H17N.C8H16N2.C5H13N.C3H3N/c2*1-2-3-4-5-6-7-8-9-10;1-2-3-4-7-10-8-5-6-9;1-2-3-4-5-6;1-3-4-2/h2-10H2,1H3;2-8H2,1H3;10H,2-5,7-8H2,1H3;2-6H2,1H3;3H,1H2/p+1. The molecule has 0 saturated heterocycles. The largest absolute Gasteiger partial charge is 0.358 e. The fourth-order valence-corrected chi connectivity index (χ4v) is 3.28. The summed E-state index contributed by atoms with van der Waals surface area (Å²) in [6.07, 6.45) is 27.5. The number of nitrogens with zero attached hydrogens (tertiary/aromatic N) is 3. The van der Waals surface area contributed by atoms with E-state index < -0.39 is 0 Å². The van der Waals surface area contributed by atoms with Gasteiger partial charge in [0.1, 0.15) is 6.20 Å². The molecule has 236 valence electrons. The Hall–Kier alpha value is -1.91. The molecule has 0 aromatic rings. The molecule has 0 aliphatic carbocycles. The summed E-state index contributed by atoms with van der Waals surface area (Å²) in [7, 11) is 0. The van der Waals surface area contributed by atoms with E-state index in [1.54, 1.807) is 0 Å². The zero-order valence-electron chi connectivity index (χ0n) is 27.6. The molecule has 0 aromatic carbocycles.